The van der Waals surface area contributed by atoms with E-state index in [-0.39, 0.29) is 6.09 Å². The highest BCUT2D eigenvalue weighted by molar-refractivity contribution is 5.90. The van der Waals surface area contributed by atoms with E-state index in [0.29, 0.717) is 12.1 Å². The summed E-state index contributed by atoms with van der Waals surface area (Å²) in [5, 5.41) is 0. The fraction of sp³-hybridized carbons (Fsp3) is 0.321. The molecule has 4 nitrogen and oxygen atoms in total. The van der Waals surface area contributed by atoms with Gasteiger partial charge in [-0.05, 0) is 65.9 Å². The van der Waals surface area contributed by atoms with Gasteiger partial charge in [0.2, 0.25) is 0 Å². The number of benzene rings is 3. The maximum absolute atomic E-state index is 13.8. The van der Waals surface area contributed by atoms with Gasteiger partial charge in [0, 0.05) is 38.2 Å². The first-order chi connectivity index (χ1) is 16.3. The number of carbonyl (C=O) groups is 1. The van der Waals surface area contributed by atoms with Crippen molar-refractivity contribution in [1.82, 2.24) is 4.90 Å². The lowest BCUT2D eigenvalue weighted by Gasteiger charge is -2.37. The van der Waals surface area contributed by atoms with Crippen molar-refractivity contribution in [3.63, 3.8) is 0 Å². The normalized spacial score (nSPS) is 17.9. The van der Waals surface area contributed by atoms with Crippen molar-refractivity contribution in [1.29, 1.82) is 0 Å². The Labute approximate surface area is 198 Å². The van der Waals surface area contributed by atoms with E-state index < -0.39 is 17.2 Å². The SMILES string of the molecule is Cc1cc(CN2CCC3(CC2)CN(c2ccccc2)C(=O)O3)cc(C)c1-c1ccc(F)c(F)c1. The Bertz CT molecular complexity index is 1200. The summed E-state index contributed by atoms with van der Waals surface area (Å²) >= 11 is 0. The monoisotopic (exact) mass is 462 g/mol. The molecule has 1 amide bonds. The van der Waals surface area contributed by atoms with E-state index in [4.69, 9.17) is 4.74 Å². The fourth-order valence-corrected chi connectivity index (χ4v) is 5.32. The first kappa shape index (κ1) is 22.5. The van der Waals surface area contributed by atoms with Crippen LogP contribution in [0.25, 0.3) is 11.1 Å². The fourth-order valence-electron chi connectivity index (χ4n) is 5.32. The van der Waals surface area contributed by atoms with Crippen molar-refractivity contribution in [2.75, 3.05) is 24.5 Å². The molecule has 0 aliphatic carbocycles. The van der Waals surface area contributed by atoms with E-state index in [2.05, 4.69) is 17.0 Å². The zero-order valence-electron chi connectivity index (χ0n) is 19.5. The second-order valence-electron chi connectivity index (χ2n) is 9.48. The highest BCUT2D eigenvalue weighted by Gasteiger charge is 2.47. The van der Waals surface area contributed by atoms with Gasteiger partial charge >= 0.3 is 6.09 Å². The molecule has 3 aromatic rings. The van der Waals surface area contributed by atoms with Crippen LogP contribution in [0.3, 0.4) is 0 Å². The number of rotatable bonds is 4. The number of hydrogen-bond donors (Lipinski definition) is 0. The zero-order valence-corrected chi connectivity index (χ0v) is 19.5. The molecule has 0 radical (unpaired) electrons. The van der Waals surface area contributed by atoms with Gasteiger partial charge in [0.15, 0.2) is 11.6 Å². The molecule has 34 heavy (non-hydrogen) atoms. The first-order valence-electron chi connectivity index (χ1n) is 11.7. The average molecular weight is 463 g/mol. The second kappa shape index (κ2) is 8.84. The molecule has 6 heteroatoms. The van der Waals surface area contributed by atoms with E-state index >= 15 is 0 Å². The maximum atomic E-state index is 13.8. The van der Waals surface area contributed by atoms with E-state index in [0.717, 1.165) is 54.9 Å². The Morgan fingerprint density at radius 1 is 0.912 bits per heavy atom. The quantitative estimate of drug-likeness (QED) is 0.460. The predicted octanol–water partition coefficient (Wildman–Crippen LogP) is 6.24. The van der Waals surface area contributed by atoms with Gasteiger partial charge in [0.05, 0.1) is 6.54 Å². The molecule has 2 aliphatic heterocycles. The number of anilines is 1. The summed E-state index contributed by atoms with van der Waals surface area (Å²) in [5.41, 5.74) is 5.35. The summed E-state index contributed by atoms with van der Waals surface area (Å²) in [4.78, 5) is 16.7. The summed E-state index contributed by atoms with van der Waals surface area (Å²) in [6.45, 7) is 7.09. The lowest BCUT2D eigenvalue weighted by Crippen LogP contribution is -2.46. The number of ether oxygens (including phenoxy) is 1. The van der Waals surface area contributed by atoms with Gasteiger partial charge in [-0.3, -0.25) is 9.80 Å². The molecule has 0 atom stereocenters. The minimum Gasteiger partial charge on any atom is -0.441 e. The first-order valence-corrected chi connectivity index (χ1v) is 11.7. The van der Waals surface area contributed by atoms with Crippen LogP contribution in [0.1, 0.15) is 29.5 Å². The number of halogens is 2. The molecule has 176 valence electrons. The summed E-state index contributed by atoms with van der Waals surface area (Å²) in [7, 11) is 0. The molecule has 2 saturated heterocycles. The lowest BCUT2D eigenvalue weighted by molar-refractivity contribution is -0.000979. The number of nitrogens with zero attached hydrogens (tertiary/aromatic N) is 2. The lowest BCUT2D eigenvalue weighted by atomic mass is 9.90. The summed E-state index contributed by atoms with van der Waals surface area (Å²) in [6, 6.07) is 18.0. The summed E-state index contributed by atoms with van der Waals surface area (Å²) < 4.78 is 33.0. The molecular formula is C28H28F2N2O2. The van der Waals surface area contributed by atoms with Crippen LogP contribution in [0, 0.1) is 25.5 Å². The van der Waals surface area contributed by atoms with Gasteiger partial charge in [-0.1, -0.05) is 36.4 Å². The Kier molecular flexibility index (Phi) is 5.86. The van der Waals surface area contributed by atoms with Crippen LogP contribution in [-0.2, 0) is 11.3 Å². The van der Waals surface area contributed by atoms with Crippen LogP contribution in [0.4, 0.5) is 19.3 Å². The number of piperidine rings is 1. The van der Waals surface area contributed by atoms with Gasteiger partial charge in [0.1, 0.15) is 5.60 Å². The minimum atomic E-state index is -0.835. The third-order valence-electron chi connectivity index (χ3n) is 7.01. The Balaban J connectivity index is 1.25. The van der Waals surface area contributed by atoms with Crippen LogP contribution < -0.4 is 4.90 Å². The third kappa shape index (κ3) is 4.30. The topological polar surface area (TPSA) is 32.8 Å². The predicted molar refractivity (Wildman–Crippen MR) is 129 cm³/mol. The Morgan fingerprint density at radius 2 is 1.59 bits per heavy atom. The number of likely N-dealkylation sites (tertiary alicyclic amines) is 1. The van der Waals surface area contributed by atoms with Gasteiger partial charge < -0.3 is 4.74 Å². The number of hydrogen-bond acceptors (Lipinski definition) is 3. The van der Waals surface area contributed by atoms with Crippen molar-refractivity contribution < 1.29 is 18.3 Å². The summed E-state index contributed by atoms with van der Waals surface area (Å²) in [6.07, 6.45) is 1.33. The highest BCUT2D eigenvalue weighted by Crippen LogP contribution is 2.36. The molecule has 0 aromatic heterocycles. The van der Waals surface area contributed by atoms with Gasteiger partial charge in [-0.2, -0.15) is 0 Å². The molecule has 3 aromatic carbocycles. The zero-order chi connectivity index (χ0) is 23.9. The van der Waals surface area contributed by atoms with E-state index in [1.54, 1.807) is 11.0 Å². The van der Waals surface area contributed by atoms with Gasteiger partial charge in [-0.25, -0.2) is 13.6 Å². The van der Waals surface area contributed by atoms with Crippen molar-refractivity contribution >= 4 is 11.8 Å². The molecule has 0 unspecified atom stereocenters. The van der Waals surface area contributed by atoms with Crippen molar-refractivity contribution in [3.8, 4) is 11.1 Å². The van der Waals surface area contributed by atoms with Crippen LogP contribution in [-0.4, -0.2) is 36.2 Å². The number of para-hydroxylation sites is 1. The molecule has 2 fully saturated rings. The van der Waals surface area contributed by atoms with Crippen molar-refractivity contribution in [3.05, 3.63) is 89.0 Å². The molecule has 0 saturated carbocycles. The van der Waals surface area contributed by atoms with Crippen molar-refractivity contribution in [2.45, 2.75) is 38.8 Å². The van der Waals surface area contributed by atoms with Crippen LogP contribution >= 0.6 is 0 Å². The number of amides is 1. The molecule has 1 spiro atoms. The van der Waals surface area contributed by atoms with Crippen LogP contribution in [0.5, 0.6) is 0 Å². The number of aryl methyl sites for hydroxylation is 2. The molecular weight excluding hydrogens is 434 g/mol. The molecule has 0 bridgehead atoms. The van der Waals surface area contributed by atoms with Gasteiger partial charge in [-0.15, -0.1) is 0 Å². The molecule has 0 N–H and O–H groups in total. The maximum Gasteiger partial charge on any atom is 0.415 e. The Morgan fingerprint density at radius 3 is 2.24 bits per heavy atom. The second-order valence-corrected chi connectivity index (χ2v) is 9.48. The minimum absolute atomic E-state index is 0.265. The molecule has 2 aliphatic rings. The van der Waals surface area contributed by atoms with Crippen LogP contribution in [0.2, 0.25) is 0 Å². The molecule has 5 rings (SSSR count). The smallest absolute Gasteiger partial charge is 0.415 e. The standard InChI is InChI=1S/C28H28F2N2O2/c1-19-14-21(15-20(2)26(19)22-8-9-24(29)25(30)16-22)17-31-12-10-28(11-13-31)18-32(27(33)34-28)23-6-4-3-5-7-23/h3-9,14-16H,10-13,17-18H2,1-2H3. The summed E-state index contributed by atoms with van der Waals surface area (Å²) in [5.74, 6) is -1.67. The van der Waals surface area contributed by atoms with Crippen molar-refractivity contribution in [2.24, 2.45) is 0 Å². The highest BCUT2D eigenvalue weighted by atomic mass is 19.2. The van der Waals surface area contributed by atoms with Crippen LogP contribution in [0.15, 0.2) is 60.7 Å². The largest absolute Gasteiger partial charge is 0.441 e. The van der Waals surface area contributed by atoms with E-state index in [9.17, 15) is 13.6 Å². The van der Waals surface area contributed by atoms with E-state index in [1.807, 2.05) is 44.2 Å². The Hall–Kier alpha value is -3.25. The molecule has 2 heterocycles. The number of carbonyl (C=O) groups excluding carboxylic acids is 1. The van der Waals surface area contributed by atoms with Gasteiger partial charge in [0.25, 0.3) is 0 Å². The third-order valence-corrected chi connectivity index (χ3v) is 7.01. The average Bonchev–Trinajstić information content (AvgIpc) is 3.14. The van der Waals surface area contributed by atoms with E-state index in [1.165, 1.54) is 17.7 Å².